The van der Waals surface area contributed by atoms with Crippen LogP contribution in [0.2, 0.25) is 0 Å². The summed E-state index contributed by atoms with van der Waals surface area (Å²) in [5, 5.41) is 4.06. The third-order valence-corrected chi connectivity index (χ3v) is 3.67. The predicted molar refractivity (Wildman–Crippen MR) is 69.1 cm³/mol. The van der Waals surface area contributed by atoms with E-state index in [1.807, 2.05) is 20.9 Å². The van der Waals surface area contributed by atoms with Gasteiger partial charge in [0.2, 0.25) is 0 Å². The molecule has 4 heteroatoms. The second-order valence-corrected chi connectivity index (χ2v) is 5.20. The lowest BCUT2D eigenvalue weighted by Gasteiger charge is -2.08. The molecule has 0 radical (unpaired) electrons. The molecule has 1 rings (SSSR count). The summed E-state index contributed by atoms with van der Waals surface area (Å²) in [6.45, 7) is 6.16. The highest BCUT2D eigenvalue weighted by atomic mass is 32.2. The van der Waals surface area contributed by atoms with Crippen LogP contribution < -0.4 is 5.32 Å². The molecule has 0 saturated carbocycles. The topological polar surface area (TPSA) is 38.1 Å². The van der Waals surface area contributed by atoms with Crippen LogP contribution in [0.1, 0.15) is 37.6 Å². The summed E-state index contributed by atoms with van der Waals surface area (Å²) >= 11 is 1.72. The molecule has 0 saturated heterocycles. The molecule has 1 aromatic heterocycles. The van der Waals surface area contributed by atoms with Crippen LogP contribution in [0.4, 0.5) is 0 Å². The fourth-order valence-electron chi connectivity index (χ4n) is 1.36. The molecule has 0 spiro atoms. The van der Waals surface area contributed by atoms with Gasteiger partial charge in [0, 0.05) is 11.8 Å². The second-order valence-electron chi connectivity index (χ2n) is 4.16. The van der Waals surface area contributed by atoms with E-state index in [2.05, 4.69) is 17.2 Å². The fraction of sp³-hybridized carbons (Fsp3) is 0.750. The van der Waals surface area contributed by atoms with Gasteiger partial charge >= 0.3 is 0 Å². The highest BCUT2D eigenvalue weighted by Crippen LogP contribution is 2.21. The zero-order valence-corrected chi connectivity index (χ0v) is 11.5. The van der Waals surface area contributed by atoms with E-state index >= 15 is 0 Å². The Hall–Kier alpha value is -0.480. The molecule has 0 fully saturated rings. The molecule has 0 amide bonds. The van der Waals surface area contributed by atoms with Crippen molar-refractivity contribution in [2.24, 2.45) is 0 Å². The van der Waals surface area contributed by atoms with Crippen molar-refractivity contribution in [2.45, 2.75) is 51.3 Å². The zero-order chi connectivity index (χ0) is 12.0. The molecule has 0 bridgehead atoms. The predicted octanol–water partition coefficient (Wildman–Crippen LogP) is 3.16. The number of nitrogens with zero attached hydrogens (tertiary/aromatic N) is 1. The lowest BCUT2D eigenvalue weighted by Crippen LogP contribution is -2.20. The zero-order valence-electron chi connectivity index (χ0n) is 10.7. The molecular weight excluding hydrogens is 220 g/mol. The van der Waals surface area contributed by atoms with Crippen molar-refractivity contribution in [3.63, 3.8) is 0 Å². The van der Waals surface area contributed by atoms with Gasteiger partial charge in [0.1, 0.15) is 5.76 Å². The number of aromatic nitrogens is 1. The van der Waals surface area contributed by atoms with Crippen LogP contribution in [0.3, 0.4) is 0 Å². The van der Waals surface area contributed by atoms with Crippen molar-refractivity contribution in [1.82, 2.24) is 10.3 Å². The molecule has 3 nitrogen and oxygen atoms in total. The monoisotopic (exact) mass is 242 g/mol. The average Bonchev–Trinajstić information content (AvgIpc) is 2.57. The number of nitrogens with one attached hydrogen (secondary N) is 1. The highest BCUT2D eigenvalue weighted by Gasteiger charge is 2.05. The number of unbranched alkanes of at least 4 members (excludes halogenated alkanes) is 1. The number of hydrogen-bond acceptors (Lipinski definition) is 4. The molecule has 0 aliphatic rings. The van der Waals surface area contributed by atoms with Crippen LogP contribution in [0.15, 0.2) is 9.64 Å². The normalized spacial score (nSPS) is 13.0. The van der Waals surface area contributed by atoms with E-state index in [1.165, 1.54) is 19.3 Å². The van der Waals surface area contributed by atoms with Gasteiger partial charge < -0.3 is 9.73 Å². The Morgan fingerprint density at radius 3 is 2.69 bits per heavy atom. The Morgan fingerprint density at radius 2 is 2.12 bits per heavy atom. The fourth-order valence-corrected chi connectivity index (χ4v) is 2.27. The largest absolute Gasteiger partial charge is 0.437 e. The maximum atomic E-state index is 5.50. The standard InChI is InChI=1S/C12H22N2OS/c1-9(13-4)7-5-6-8-16-12-14-10(2)11(3)15-12/h9,13H,5-8H2,1-4H3. The van der Waals surface area contributed by atoms with Crippen LogP contribution in [0.5, 0.6) is 0 Å². The van der Waals surface area contributed by atoms with Crippen molar-refractivity contribution in [3.8, 4) is 0 Å². The lowest BCUT2D eigenvalue weighted by atomic mass is 10.1. The van der Waals surface area contributed by atoms with E-state index in [0.717, 1.165) is 22.4 Å². The van der Waals surface area contributed by atoms with Gasteiger partial charge in [-0.2, -0.15) is 0 Å². The van der Waals surface area contributed by atoms with Crippen LogP contribution in [-0.2, 0) is 0 Å². The quantitative estimate of drug-likeness (QED) is 0.589. The Labute approximate surface area is 102 Å². The van der Waals surface area contributed by atoms with E-state index in [1.54, 1.807) is 11.8 Å². The van der Waals surface area contributed by atoms with Gasteiger partial charge in [0.15, 0.2) is 0 Å². The number of oxazole rings is 1. The third-order valence-electron chi connectivity index (χ3n) is 2.76. The summed E-state index contributed by atoms with van der Waals surface area (Å²) in [5.74, 6) is 2.03. The van der Waals surface area contributed by atoms with Gasteiger partial charge in [-0.25, -0.2) is 4.98 Å². The SMILES string of the molecule is CNC(C)CCCCSc1nc(C)c(C)o1. The van der Waals surface area contributed by atoms with Gasteiger partial charge in [-0.05, 0) is 40.7 Å². The first-order valence-corrected chi connectivity index (χ1v) is 6.86. The summed E-state index contributed by atoms with van der Waals surface area (Å²) in [6, 6.07) is 0.622. The molecule has 92 valence electrons. The first-order chi connectivity index (χ1) is 7.63. The molecule has 1 atom stereocenters. The number of hydrogen-bond donors (Lipinski definition) is 1. The second kappa shape index (κ2) is 6.97. The van der Waals surface area contributed by atoms with Gasteiger partial charge in [0.25, 0.3) is 5.22 Å². The maximum Gasteiger partial charge on any atom is 0.256 e. The van der Waals surface area contributed by atoms with Crippen LogP contribution in [0, 0.1) is 13.8 Å². The summed E-state index contributed by atoms with van der Waals surface area (Å²) in [6.07, 6.45) is 3.71. The van der Waals surface area contributed by atoms with Crippen molar-refractivity contribution in [1.29, 1.82) is 0 Å². The van der Waals surface area contributed by atoms with E-state index in [4.69, 9.17) is 4.42 Å². The number of aryl methyl sites for hydroxylation is 2. The van der Waals surface area contributed by atoms with Crippen molar-refractivity contribution < 1.29 is 4.42 Å². The molecule has 0 aliphatic carbocycles. The summed E-state index contributed by atoms with van der Waals surface area (Å²) in [4.78, 5) is 4.34. The molecule has 1 unspecified atom stereocenters. The van der Waals surface area contributed by atoms with Crippen molar-refractivity contribution >= 4 is 11.8 Å². The first-order valence-electron chi connectivity index (χ1n) is 5.87. The Balaban J connectivity index is 2.11. The Bertz CT molecular complexity index is 292. The molecule has 1 N–H and O–H groups in total. The molecule has 0 aliphatic heterocycles. The Kier molecular flexibility index (Phi) is 5.91. The van der Waals surface area contributed by atoms with E-state index in [9.17, 15) is 0 Å². The summed E-state index contributed by atoms with van der Waals surface area (Å²) in [5.41, 5.74) is 1.01. The molecular formula is C12H22N2OS. The van der Waals surface area contributed by atoms with E-state index in [-0.39, 0.29) is 0 Å². The summed E-state index contributed by atoms with van der Waals surface area (Å²) < 4.78 is 5.50. The molecule has 0 aromatic carbocycles. The van der Waals surface area contributed by atoms with Crippen LogP contribution in [-0.4, -0.2) is 23.8 Å². The van der Waals surface area contributed by atoms with E-state index < -0.39 is 0 Å². The molecule has 1 aromatic rings. The van der Waals surface area contributed by atoms with Gasteiger partial charge in [-0.3, -0.25) is 0 Å². The summed E-state index contributed by atoms with van der Waals surface area (Å²) in [7, 11) is 2.01. The Morgan fingerprint density at radius 1 is 1.38 bits per heavy atom. The van der Waals surface area contributed by atoms with Crippen LogP contribution >= 0.6 is 11.8 Å². The van der Waals surface area contributed by atoms with Crippen molar-refractivity contribution in [3.05, 3.63) is 11.5 Å². The molecule has 16 heavy (non-hydrogen) atoms. The van der Waals surface area contributed by atoms with Gasteiger partial charge in [-0.1, -0.05) is 18.2 Å². The maximum absolute atomic E-state index is 5.50. The number of thioether (sulfide) groups is 1. The van der Waals surface area contributed by atoms with Gasteiger partial charge in [0.05, 0.1) is 5.69 Å². The minimum absolute atomic E-state index is 0.622. The average molecular weight is 242 g/mol. The van der Waals surface area contributed by atoms with Gasteiger partial charge in [-0.15, -0.1) is 0 Å². The highest BCUT2D eigenvalue weighted by molar-refractivity contribution is 7.99. The lowest BCUT2D eigenvalue weighted by molar-refractivity contribution is 0.431. The van der Waals surface area contributed by atoms with E-state index in [0.29, 0.717) is 6.04 Å². The molecule has 1 heterocycles. The number of rotatable bonds is 7. The smallest absolute Gasteiger partial charge is 0.256 e. The van der Waals surface area contributed by atoms with Crippen LogP contribution in [0.25, 0.3) is 0 Å². The van der Waals surface area contributed by atoms with Crippen molar-refractivity contribution in [2.75, 3.05) is 12.8 Å². The first kappa shape index (κ1) is 13.6. The minimum Gasteiger partial charge on any atom is -0.437 e. The third kappa shape index (κ3) is 4.58. The minimum atomic E-state index is 0.622.